The van der Waals surface area contributed by atoms with Gasteiger partial charge in [-0.25, -0.2) is 0 Å². The van der Waals surface area contributed by atoms with E-state index in [1.165, 1.54) is 6.92 Å². The van der Waals surface area contributed by atoms with E-state index in [2.05, 4.69) is 0 Å². The predicted octanol–water partition coefficient (Wildman–Crippen LogP) is 1.28. The fourth-order valence-corrected chi connectivity index (χ4v) is 3.17. The number of Topliss-reactive ketones (excluding diaryl/α,β-unsaturated/α-hetero) is 1. The monoisotopic (exact) mass is 266 g/mol. The van der Waals surface area contributed by atoms with Crippen molar-refractivity contribution in [3.05, 3.63) is 0 Å². The topological polar surface area (TPSA) is 88.5 Å². The third-order valence-electron chi connectivity index (χ3n) is 3.38. The van der Waals surface area contributed by atoms with Crippen LogP contribution in [0.3, 0.4) is 0 Å². The highest BCUT2D eigenvalue weighted by atomic mass is 32.3. The first-order valence-electron chi connectivity index (χ1n) is 5.44. The van der Waals surface area contributed by atoms with Crippen LogP contribution in [0, 0.1) is 5.41 Å². The number of aliphatic carboxylic acids is 1. The van der Waals surface area contributed by atoms with E-state index in [1.807, 2.05) is 0 Å². The van der Waals surface area contributed by atoms with Crippen molar-refractivity contribution in [3.8, 4) is 0 Å². The summed E-state index contributed by atoms with van der Waals surface area (Å²) >= 11 is 0. The van der Waals surface area contributed by atoms with Crippen LogP contribution in [0.1, 0.15) is 39.0 Å². The maximum absolute atomic E-state index is 12.9. The summed E-state index contributed by atoms with van der Waals surface area (Å²) in [7, 11) is -4.81. The van der Waals surface area contributed by atoms with E-state index < -0.39 is 39.1 Å². The number of halogens is 1. The second-order valence-electron chi connectivity index (χ2n) is 4.37. The first kappa shape index (κ1) is 14.1. The second-order valence-corrected chi connectivity index (χ2v) is 5.99. The molecular weight excluding hydrogens is 251 g/mol. The Morgan fingerprint density at radius 2 is 2.18 bits per heavy atom. The minimum atomic E-state index is -4.81. The Hall–Kier alpha value is -0.980. The minimum absolute atomic E-state index is 0.0405. The first-order valence-corrected chi connectivity index (χ1v) is 6.89. The molecule has 1 aliphatic rings. The summed E-state index contributed by atoms with van der Waals surface area (Å²) < 4.78 is 34.6. The number of carboxylic acids is 1. The van der Waals surface area contributed by atoms with Crippen LogP contribution < -0.4 is 0 Å². The Morgan fingerprint density at radius 1 is 1.59 bits per heavy atom. The number of carbonyl (C=O) groups is 2. The molecule has 0 heterocycles. The highest BCUT2D eigenvalue weighted by molar-refractivity contribution is 7.87. The quantitative estimate of drug-likeness (QED) is 0.598. The smallest absolute Gasteiger partial charge is 0.317 e. The summed E-state index contributed by atoms with van der Waals surface area (Å²) in [5.41, 5.74) is -1.71. The Morgan fingerprint density at radius 3 is 2.47 bits per heavy atom. The molecule has 7 heteroatoms. The zero-order chi connectivity index (χ0) is 13.3. The molecule has 98 valence electrons. The molecule has 0 aromatic heterocycles. The molecule has 0 aromatic rings. The highest BCUT2D eigenvalue weighted by Gasteiger charge is 2.51. The van der Waals surface area contributed by atoms with E-state index in [-0.39, 0.29) is 19.3 Å². The van der Waals surface area contributed by atoms with Gasteiger partial charge in [-0.15, -0.1) is 3.89 Å². The van der Waals surface area contributed by atoms with Crippen LogP contribution in [-0.2, 0) is 19.8 Å². The molecule has 1 fully saturated rings. The normalized spacial score (nSPS) is 27.1. The predicted molar refractivity (Wildman–Crippen MR) is 57.7 cm³/mol. The lowest BCUT2D eigenvalue weighted by Gasteiger charge is -2.25. The summed E-state index contributed by atoms with van der Waals surface area (Å²) in [6, 6.07) is 0. The maximum atomic E-state index is 12.9. The lowest BCUT2D eigenvalue weighted by molar-refractivity contribution is -0.153. The van der Waals surface area contributed by atoms with Gasteiger partial charge in [-0.3, -0.25) is 9.59 Å². The van der Waals surface area contributed by atoms with Crippen molar-refractivity contribution in [3.63, 3.8) is 0 Å². The fraction of sp³-hybridized carbons (Fsp3) is 0.800. The first-order chi connectivity index (χ1) is 7.74. The molecule has 0 aliphatic heterocycles. The number of carboxylic acid groups (broad SMARTS) is 1. The van der Waals surface area contributed by atoms with Gasteiger partial charge in [0.25, 0.3) is 0 Å². The zero-order valence-corrected chi connectivity index (χ0v) is 10.3. The van der Waals surface area contributed by atoms with Crippen molar-refractivity contribution in [1.29, 1.82) is 0 Å². The molecular formula is C10H15FO5S. The van der Waals surface area contributed by atoms with E-state index in [9.17, 15) is 21.9 Å². The Kier molecular flexibility index (Phi) is 3.91. The van der Waals surface area contributed by atoms with Gasteiger partial charge in [0, 0.05) is 6.42 Å². The highest BCUT2D eigenvalue weighted by Crippen LogP contribution is 2.41. The lowest BCUT2D eigenvalue weighted by atomic mass is 9.80. The number of carbonyl (C=O) groups excluding carboxylic acids is 1. The van der Waals surface area contributed by atoms with E-state index in [0.29, 0.717) is 6.42 Å². The molecule has 2 atom stereocenters. The molecule has 2 unspecified atom stereocenters. The third kappa shape index (κ3) is 2.65. The molecule has 5 nitrogen and oxygen atoms in total. The van der Waals surface area contributed by atoms with Crippen molar-refractivity contribution in [2.45, 2.75) is 44.3 Å². The van der Waals surface area contributed by atoms with Crippen molar-refractivity contribution in [2.75, 3.05) is 0 Å². The van der Waals surface area contributed by atoms with Gasteiger partial charge in [0.05, 0.1) is 5.25 Å². The summed E-state index contributed by atoms with van der Waals surface area (Å²) in [6.07, 6.45) is 0.119. The summed E-state index contributed by atoms with van der Waals surface area (Å²) in [5, 5.41) is 7.69. The van der Waals surface area contributed by atoms with E-state index >= 15 is 0 Å². The molecule has 1 saturated carbocycles. The van der Waals surface area contributed by atoms with E-state index in [4.69, 9.17) is 5.11 Å². The number of hydrogen-bond donors (Lipinski definition) is 1. The molecule has 0 saturated heterocycles. The van der Waals surface area contributed by atoms with Crippen LogP contribution in [0.25, 0.3) is 0 Å². The average Bonchev–Trinajstić information content (AvgIpc) is 2.55. The molecule has 0 radical (unpaired) electrons. The summed E-state index contributed by atoms with van der Waals surface area (Å²) in [5.74, 6) is -1.84. The largest absolute Gasteiger partial charge is 0.480 e. The van der Waals surface area contributed by atoms with E-state index in [1.54, 1.807) is 0 Å². The van der Waals surface area contributed by atoms with Crippen molar-refractivity contribution in [1.82, 2.24) is 0 Å². The SMILES string of the molecule is CCC(CC1(C(=O)O)CCCC1=O)S(=O)(=O)F. The molecule has 0 aromatic carbocycles. The Bertz CT molecular complexity index is 430. The van der Waals surface area contributed by atoms with Crippen LogP contribution in [0.15, 0.2) is 0 Å². The maximum Gasteiger partial charge on any atom is 0.317 e. The van der Waals surface area contributed by atoms with Crippen molar-refractivity contribution >= 4 is 22.0 Å². The van der Waals surface area contributed by atoms with Crippen LogP contribution >= 0.6 is 0 Å². The van der Waals surface area contributed by atoms with Crippen molar-refractivity contribution in [2.24, 2.45) is 5.41 Å². The minimum Gasteiger partial charge on any atom is -0.480 e. The van der Waals surface area contributed by atoms with Gasteiger partial charge in [0.1, 0.15) is 11.2 Å². The number of rotatable bonds is 5. The standard InChI is InChI=1S/C10H15FO5S/c1-2-7(17(11,15)16)6-10(9(13)14)5-3-4-8(10)12/h7H,2-6H2,1H3,(H,13,14). The van der Waals surface area contributed by atoms with E-state index in [0.717, 1.165) is 0 Å². The van der Waals surface area contributed by atoms with Gasteiger partial charge in [0.15, 0.2) is 0 Å². The average molecular weight is 266 g/mol. The molecule has 0 amide bonds. The van der Waals surface area contributed by atoms with Crippen LogP contribution in [0.4, 0.5) is 3.89 Å². The zero-order valence-electron chi connectivity index (χ0n) is 9.48. The van der Waals surface area contributed by atoms with Crippen molar-refractivity contribution < 1.29 is 27.0 Å². The molecule has 1 rings (SSSR count). The van der Waals surface area contributed by atoms with Crippen LogP contribution in [0.5, 0.6) is 0 Å². The molecule has 17 heavy (non-hydrogen) atoms. The number of ketones is 1. The molecule has 1 N–H and O–H groups in total. The Labute approximate surface area is 99.2 Å². The van der Waals surface area contributed by atoms with Gasteiger partial charge >= 0.3 is 16.2 Å². The van der Waals surface area contributed by atoms with Gasteiger partial charge < -0.3 is 5.11 Å². The summed E-state index contributed by atoms with van der Waals surface area (Å²) in [4.78, 5) is 22.8. The van der Waals surface area contributed by atoms with Crippen LogP contribution in [-0.4, -0.2) is 30.5 Å². The van der Waals surface area contributed by atoms with Gasteiger partial charge in [-0.2, -0.15) is 8.42 Å². The molecule has 1 aliphatic carbocycles. The van der Waals surface area contributed by atoms with Gasteiger partial charge in [-0.1, -0.05) is 6.92 Å². The summed E-state index contributed by atoms with van der Waals surface area (Å²) in [6.45, 7) is 1.46. The second kappa shape index (κ2) is 4.72. The van der Waals surface area contributed by atoms with Gasteiger partial charge in [-0.05, 0) is 25.7 Å². The lowest BCUT2D eigenvalue weighted by Crippen LogP contribution is -2.39. The molecule has 0 bridgehead atoms. The van der Waals surface area contributed by atoms with Crippen LogP contribution in [0.2, 0.25) is 0 Å². The molecule has 0 spiro atoms. The third-order valence-corrected chi connectivity index (χ3v) is 4.68. The fourth-order valence-electron chi connectivity index (χ4n) is 2.29. The Balaban J connectivity index is 3.03. The number of hydrogen-bond acceptors (Lipinski definition) is 4. The van der Waals surface area contributed by atoms with Gasteiger partial charge in [0.2, 0.25) is 0 Å².